The Morgan fingerprint density at radius 3 is 2.58 bits per heavy atom. The van der Waals surface area contributed by atoms with Crippen LogP contribution in [0.1, 0.15) is 5.69 Å². The first-order valence-electron chi connectivity index (χ1n) is 5.44. The first-order valence-corrected chi connectivity index (χ1v) is 5.44. The van der Waals surface area contributed by atoms with Gasteiger partial charge in [0.2, 0.25) is 0 Å². The number of alkyl halides is 3. The predicted molar refractivity (Wildman–Crippen MR) is 65.5 cm³/mol. The summed E-state index contributed by atoms with van der Waals surface area (Å²) in [7, 11) is 0. The van der Waals surface area contributed by atoms with Crippen LogP contribution in [-0.4, -0.2) is 11.3 Å². The van der Waals surface area contributed by atoms with Gasteiger partial charge in [0.25, 0.3) is 0 Å². The highest BCUT2D eigenvalue weighted by molar-refractivity contribution is 5.73. The van der Waals surface area contributed by atoms with E-state index in [1.165, 1.54) is 18.2 Å². The summed E-state index contributed by atoms with van der Waals surface area (Å²) < 4.78 is 40.3. The second kappa shape index (κ2) is 4.79. The fraction of sp³-hybridized carbons (Fsp3) is 0.154. The molecule has 100 valence electrons. The number of halogens is 3. The van der Waals surface area contributed by atoms with Crippen LogP contribution in [0.5, 0.6) is 5.75 Å². The monoisotopic (exact) mass is 268 g/mol. The van der Waals surface area contributed by atoms with Gasteiger partial charge in [-0.3, -0.25) is 4.98 Å². The molecule has 0 aliphatic carbocycles. The molecule has 0 unspecified atom stereocenters. The molecule has 0 spiro atoms. The number of pyridine rings is 1. The molecule has 19 heavy (non-hydrogen) atoms. The summed E-state index contributed by atoms with van der Waals surface area (Å²) >= 11 is 0. The van der Waals surface area contributed by atoms with Gasteiger partial charge in [0.1, 0.15) is 5.75 Å². The van der Waals surface area contributed by atoms with Crippen LogP contribution in [0.3, 0.4) is 0 Å². The largest absolute Gasteiger partial charge is 0.573 e. The molecule has 1 aromatic heterocycles. The van der Waals surface area contributed by atoms with Gasteiger partial charge in [0.15, 0.2) is 0 Å². The second-order valence-electron chi connectivity index (χ2n) is 3.97. The lowest BCUT2D eigenvalue weighted by atomic mass is 10.1. The van der Waals surface area contributed by atoms with E-state index < -0.39 is 6.36 Å². The van der Waals surface area contributed by atoms with Gasteiger partial charge in [-0.15, -0.1) is 13.2 Å². The van der Waals surface area contributed by atoms with Gasteiger partial charge in [0.05, 0.1) is 11.4 Å². The Morgan fingerprint density at radius 2 is 1.89 bits per heavy atom. The number of benzene rings is 1. The molecule has 0 atom stereocenters. The van der Waals surface area contributed by atoms with Crippen molar-refractivity contribution in [3.63, 3.8) is 0 Å². The van der Waals surface area contributed by atoms with E-state index >= 15 is 0 Å². The van der Waals surface area contributed by atoms with Crippen molar-refractivity contribution in [2.24, 2.45) is 0 Å². The molecule has 1 aromatic carbocycles. The molecule has 0 fully saturated rings. The Morgan fingerprint density at radius 1 is 1.16 bits per heavy atom. The van der Waals surface area contributed by atoms with Gasteiger partial charge in [-0.05, 0) is 31.2 Å². The lowest BCUT2D eigenvalue weighted by molar-refractivity contribution is -0.274. The average molecular weight is 268 g/mol. The van der Waals surface area contributed by atoms with Crippen LogP contribution in [0.25, 0.3) is 11.3 Å². The van der Waals surface area contributed by atoms with Crippen LogP contribution in [0.15, 0.2) is 36.4 Å². The summed E-state index contributed by atoms with van der Waals surface area (Å²) in [5.74, 6) is -0.298. The highest BCUT2D eigenvalue weighted by atomic mass is 19.4. The third kappa shape index (κ3) is 3.37. The molecular formula is C13H11F3N2O. The minimum atomic E-state index is -4.72. The number of ether oxygens (including phenoxy) is 1. The number of nitrogen functional groups attached to an aromatic ring is 1. The van der Waals surface area contributed by atoms with Crippen LogP contribution in [0.2, 0.25) is 0 Å². The van der Waals surface area contributed by atoms with E-state index in [0.717, 1.165) is 5.69 Å². The highest BCUT2D eigenvalue weighted by Crippen LogP contribution is 2.29. The molecule has 2 N–H and O–H groups in total. The molecule has 0 bridgehead atoms. The van der Waals surface area contributed by atoms with E-state index in [-0.39, 0.29) is 5.75 Å². The molecule has 0 saturated heterocycles. The molecule has 1 heterocycles. The molecule has 0 aliphatic rings. The Hall–Kier alpha value is -2.24. The van der Waals surface area contributed by atoms with Crippen molar-refractivity contribution in [1.29, 1.82) is 0 Å². The third-order valence-electron chi connectivity index (χ3n) is 2.41. The summed E-state index contributed by atoms with van der Waals surface area (Å²) in [6.45, 7) is 1.78. The predicted octanol–water partition coefficient (Wildman–Crippen LogP) is 3.54. The van der Waals surface area contributed by atoms with Crippen LogP contribution in [0, 0.1) is 6.92 Å². The van der Waals surface area contributed by atoms with Crippen molar-refractivity contribution < 1.29 is 17.9 Å². The van der Waals surface area contributed by atoms with Crippen molar-refractivity contribution >= 4 is 5.69 Å². The molecule has 2 aromatic rings. The van der Waals surface area contributed by atoms with Gasteiger partial charge in [-0.25, -0.2) is 0 Å². The lowest BCUT2D eigenvalue weighted by Crippen LogP contribution is -2.17. The fourth-order valence-corrected chi connectivity index (χ4v) is 1.64. The molecular weight excluding hydrogens is 257 g/mol. The number of aryl methyl sites for hydroxylation is 1. The van der Waals surface area contributed by atoms with Crippen LogP contribution >= 0.6 is 0 Å². The number of rotatable bonds is 2. The molecule has 3 nitrogen and oxygen atoms in total. The minimum absolute atomic E-state index is 0.298. The van der Waals surface area contributed by atoms with Crippen LogP contribution in [-0.2, 0) is 0 Å². The Balaban J connectivity index is 2.40. The quantitative estimate of drug-likeness (QED) is 0.906. The van der Waals surface area contributed by atoms with Crippen molar-refractivity contribution in [2.75, 3.05) is 5.73 Å². The maximum Gasteiger partial charge on any atom is 0.573 e. The first-order chi connectivity index (χ1) is 8.85. The van der Waals surface area contributed by atoms with Crippen LogP contribution < -0.4 is 10.5 Å². The van der Waals surface area contributed by atoms with E-state index in [9.17, 15) is 13.2 Å². The van der Waals surface area contributed by atoms with Gasteiger partial charge >= 0.3 is 6.36 Å². The SMILES string of the molecule is Cc1ccc(N)c(-c2cccc(OC(F)(F)F)c2)n1. The van der Waals surface area contributed by atoms with Crippen molar-refractivity contribution in [1.82, 2.24) is 4.98 Å². The second-order valence-corrected chi connectivity index (χ2v) is 3.97. The van der Waals surface area contributed by atoms with E-state index in [2.05, 4.69) is 9.72 Å². The van der Waals surface area contributed by atoms with E-state index in [0.29, 0.717) is 16.9 Å². The topological polar surface area (TPSA) is 48.1 Å². The highest BCUT2D eigenvalue weighted by Gasteiger charge is 2.31. The van der Waals surface area contributed by atoms with Gasteiger partial charge in [-0.2, -0.15) is 0 Å². The van der Waals surface area contributed by atoms with Gasteiger partial charge in [0, 0.05) is 11.3 Å². The zero-order chi connectivity index (χ0) is 14.0. The molecule has 0 saturated carbocycles. The summed E-state index contributed by atoms with van der Waals surface area (Å²) in [4.78, 5) is 4.22. The zero-order valence-corrected chi connectivity index (χ0v) is 10.0. The molecule has 0 amide bonds. The standard InChI is InChI=1S/C13H11F3N2O/c1-8-5-6-11(17)12(18-8)9-3-2-4-10(7-9)19-13(14,15)16/h2-7H,17H2,1H3. The van der Waals surface area contributed by atoms with Crippen LogP contribution in [0.4, 0.5) is 18.9 Å². The Bertz CT molecular complexity index is 597. The first kappa shape index (κ1) is 13.2. The third-order valence-corrected chi connectivity index (χ3v) is 2.41. The normalized spacial score (nSPS) is 11.4. The van der Waals surface area contributed by atoms with E-state index in [1.54, 1.807) is 25.1 Å². The van der Waals surface area contributed by atoms with Gasteiger partial charge in [-0.1, -0.05) is 12.1 Å². The smallest absolute Gasteiger partial charge is 0.406 e. The van der Waals surface area contributed by atoms with Crippen molar-refractivity contribution in [3.8, 4) is 17.0 Å². The lowest BCUT2D eigenvalue weighted by Gasteiger charge is -2.11. The van der Waals surface area contributed by atoms with Crippen molar-refractivity contribution in [3.05, 3.63) is 42.1 Å². The summed E-state index contributed by atoms with van der Waals surface area (Å²) in [6.07, 6.45) is -4.72. The summed E-state index contributed by atoms with van der Waals surface area (Å²) in [6, 6.07) is 8.96. The summed E-state index contributed by atoms with van der Waals surface area (Å²) in [5.41, 5.74) is 7.81. The van der Waals surface area contributed by atoms with Gasteiger partial charge < -0.3 is 10.5 Å². The van der Waals surface area contributed by atoms with E-state index in [1.807, 2.05) is 0 Å². The number of aromatic nitrogens is 1. The molecule has 2 rings (SSSR count). The maximum absolute atomic E-state index is 12.2. The number of nitrogens with zero attached hydrogens (tertiary/aromatic N) is 1. The number of hydrogen-bond acceptors (Lipinski definition) is 3. The zero-order valence-electron chi connectivity index (χ0n) is 10.0. The number of hydrogen-bond donors (Lipinski definition) is 1. The Kier molecular flexibility index (Phi) is 3.33. The van der Waals surface area contributed by atoms with Crippen molar-refractivity contribution in [2.45, 2.75) is 13.3 Å². The summed E-state index contributed by atoms with van der Waals surface area (Å²) in [5, 5.41) is 0. The number of anilines is 1. The molecule has 0 radical (unpaired) electrons. The fourth-order valence-electron chi connectivity index (χ4n) is 1.64. The molecule has 6 heteroatoms. The maximum atomic E-state index is 12.2. The van der Waals surface area contributed by atoms with E-state index in [4.69, 9.17) is 5.73 Å². The molecule has 0 aliphatic heterocycles. The number of nitrogens with two attached hydrogens (primary N) is 1. The Labute approximate surface area is 107 Å². The average Bonchev–Trinajstić information content (AvgIpc) is 2.30. The minimum Gasteiger partial charge on any atom is -0.406 e.